The van der Waals surface area contributed by atoms with Crippen LogP contribution in [0.2, 0.25) is 0 Å². The number of halogens is 1. The van der Waals surface area contributed by atoms with Gasteiger partial charge in [-0.05, 0) is 48.5 Å². The second-order valence-electron chi connectivity index (χ2n) is 6.80. The van der Waals surface area contributed by atoms with Crippen LogP contribution in [0.25, 0.3) is 0 Å². The number of phenols is 1. The standard InChI is InChI=1S/C24H22BrN3O4/c25-16-13-14-21(29)18(15-16)22(32-24(31)27-17-7-2-1-3-8-17)11-6-12-23(30)28-20-10-5-4-9-19(20)26/h1-10,12-15,22,29H,11,26H2,(H,27,31)(H,28,30)/b12-6+/t22-/m1/s1. The number of amides is 2. The van der Waals surface area contributed by atoms with Gasteiger partial charge in [-0.1, -0.05) is 52.3 Å². The maximum absolute atomic E-state index is 12.4. The summed E-state index contributed by atoms with van der Waals surface area (Å²) in [4.78, 5) is 24.7. The van der Waals surface area contributed by atoms with Crippen molar-refractivity contribution in [2.24, 2.45) is 0 Å². The van der Waals surface area contributed by atoms with Crippen molar-refractivity contribution in [2.45, 2.75) is 12.5 Å². The van der Waals surface area contributed by atoms with E-state index in [4.69, 9.17) is 10.5 Å². The Labute approximate surface area is 194 Å². The third kappa shape index (κ3) is 6.61. The molecule has 0 saturated carbocycles. The van der Waals surface area contributed by atoms with E-state index in [2.05, 4.69) is 26.6 Å². The molecule has 3 rings (SSSR count). The predicted molar refractivity (Wildman–Crippen MR) is 128 cm³/mol. The van der Waals surface area contributed by atoms with E-state index in [-0.39, 0.29) is 18.1 Å². The van der Waals surface area contributed by atoms with Crippen LogP contribution in [0.15, 0.2) is 89.4 Å². The first-order chi connectivity index (χ1) is 15.4. The number of aromatic hydroxyl groups is 1. The SMILES string of the molecule is Nc1ccccc1NC(=O)/C=C/C[C@@H](OC(=O)Nc1ccccc1)c1cc(Br)ccc1O. The van der Waals surface area contributed by atoms with Crippen LogP contribution in [0.3, 0.4) is 0 Å². The van der Waals surface area contributed by atoms with Crippen LogP contribution in [-0.2, 0) is 9.53 Å². The van der Waals surface area contributed by atoms with Crippen molar-refractivity contribution in [3.05, 3.63) is 95.0 Å². The molecule has 0 radical (unpaired) electrons. The van der Waals surface area contributed by atoms with E-state index in [1.54, 1.807) is 66.7 Å². The summed E-state index contributed by atoms with van der Waals surface area (Å²) in [5.41, 5.74) is 7.76. The van der Waals surface area contributed by atoms with Crippen molar-refractivity contribution in [2.75, 3.05) is 16.4 Å². The zero-order chi connectivity index (χ0) is 22.9. The zero-order valence-electron chi connectivity index (χ0n) is 17.0. The summed E-state index contributed by atoms with van der Waals surface area (Å²) in [6.07, 6.45) is 1.53. The summed E-state index contributed by atoms with van der Waals surface area (Å²) in [5, 5.41) is 15.6. The molecule has 0 aliphatic rings. The molecule has 0 aromatic heterocycles. The molecule has 5 N–H and O–H groups in total. The Balaban J connectivity index is 1.71. The first-order valence-corrected chi connectivity index (χ1v) is 10.5. The van der Waals surface area contributed by atoms with Gasteiger partial charge in [-0.25, -0.2) is 4.79 Å². The molecule has 0 unspecified atom stereocenters. The number of carbonyl (C=O) groups excluding carboxylic acids is 2. The van der Waals surface area contributed by atoms with E-state index in [9.17, 15) is 14.7 Å². The van der Waals surface area contributed by atoms with Crippen LogP contribution < -0.4 is 16.4 Å². The predicted octanol–water partition coefficient (Wildman–Crippen LogP) is 5.61. The molecule has 32 heavy (non-hydrogen) atoms. The highest BCUT2D eigenvalue weighted by Crippen LogP contribution is 2.32. The normalized spacial score (nSPS) is 11.7. The number of hydrogen-bond donors (Lipinski definition) is 4. The monoisotopic (exact) mass is 495 g/mol. The van der Waals surface area contributed by atoms with E-state index >= 15 is 0 Å². The minimum Gasteiger partial charge on any atom is -0.508 e. The fraction of sp³-hybridized carbons (Fsp3) is 0.0833. The first-order valence-electron chi connectivity index (χ1n) is 9.75. The Morgan fingerprint density at radius 3 is 2.50 bits per heavy atom. The van der Waals surface area contributed by atoms with Gasteiger partial charge in [0.1, 0.15) is 11.9 Å². The molecule has 0 spiro atoms. The number of phenolic OH excluding ortho intramolecular Hbond substituents is 1. The molecule has 0 saturated heterocycles. The van der Waals surface area contributed by atoms with Gasteiger partial charge in [0.25, 0.3) is 0 Å². The minimum atomic E-state index is -0.831. The van der Waals surface area contributed by atoms with E-state index < -0.39 is 12.2 Å². The van der Waals surface area contributed by atoms with Gasteiger partial charge in [-0.2, -0.15) is 0 Å². The van der Waals surface area contributed by atoms with Gasteiger partial charge in [0.2, 0.25) is 5.91 Å². The second-order valence-corrected chi connectivity index (χ2v) is 7.72. The molecule has 7 nitrogen and oxygen atoms in total. The smallest absolute Gasteiger partial charge is 0.412 e. The Bertz CT molecular complexity index is 1120. The number of nitrogens with one attached hydrogen (secondary N) is 2. The van der Waals surface area contributed by atoms with E-state index in [0.29, 0.717) is 27.1 Å². The Morgan fingerprint density at radius 2 is 1.75 bits per heavy atom. The molecule has 0 bridgehead atoms. The number of anilines is 3. The van der Waals surface area contributed by atoms with Gasteiger partial charge < -0.3 is 20.9 Å². The van der Waals surface area contributed by atoms with Crippen LogP contribution in [-0.4, -0.2) is 17.1 Å². The largest absolute Gasteiger partial charge is 0.508 e. The molecule has 0 aliphatic heterocycles. The average molecular weight is 496 g/mol. The van der Waals surface area contributed by atoms with Gasteiger partial charge in [0.15, 0.2) is 0 Å². The van der Waals surface area contributed by atoms with Crippen LogP contribution >= 0.6 is 15.9 Å². The van der Waals surface area contributed by atoms with Crippen LogP contribution in [0.4, 0.5) is 21.9 Å². The van der Waals surface area contributed by atoms with Gasteiger partial charge in [-0.3, -0.25) is 10.1 Å². The number of nitrogens with two attached hydrogens (primary N) is 1. The Hall–Kier alpha value is -3.78. The quantitative estimate of drug-likeness (QED) is 0.251. The van der Waals surface area contributed by atoms with Crippen molar-refractivity contribution in [3.63, 3.8) is 0 Å². The fourth-order valence-electron chi connectivity index (χ4n) is 2.90. The van der Waals surface area contributed by atoms with Gasteiger partial charge in [0, 0.05) is 22.1 Å². The highest BCUT2D eigenvalue weighted by atomic mass is 79.9. The molecule has 3 aromatic carbocycles. The summed E-state index contributed by atoms with van der Waals surface area (Å²) in [5.74, 6) is -0.408. The lowest BCUT2D eigenvalue weighted by molar-refractivity contribution is -0.111. The van der Waals surface area contributed by atoms with Gasteiger partial charge >= 0.3 is 6.09 Å². The second kappa shape index (κ2) is 11.0. The maximum Gasteiger partial charge on any atom is 0.412 e. The molecule has 0 fully saturated rings. The fourth-order valence-corrected chi connectivity index (χ4v) is 3.28. The molecule has 2 amide bonds. The van der Waals surface area contributed by atoms with Crippen LogP contribution in [0, 0.1) is 0 Å². The number of benzene rings is 3. The molecule has 0 aliphatic carbocycles. The summed E-state index contributed by atoms with van der Waals surface area (Å²) in [7, 11) is 0. The summed E-state index contributed by atoms with van der Waals surface area (Å²) in [6, 6.07) is 20.6. The molecule has 1 atom stereocenters. The van der Waals surface area contributed by atoms with Crippen molar-refractivity contribution in [1.29, 1.82) is 0 Å². The molecule has 8 heteroatoms. The highest BCUT2D eigenvalue weighted by Gasteiger charge is 2.20. The molecule has 164 valence electrons. The minimum absolute atomic E-state index is 0.0272. The number of ether oxygens (including phenoxy) is 1. The van der Waals surface area contributed by atoms with Crippen molar-refractivity contribution in [1.82, 2.24) is 0 Å². The van der Waals surface area contributed by atoms with Gasteiger partial charge in [-0.15, -0.1) is 0 Å². The van der Waals surface area contributed by atoms with E-state index in [1.165, 1.54) is 12.1 Å². The lowest BCUT2D eigenvalue weighted by Gasteiger charge is -2.19. The van der Waals surface area contributed by atoms with Gasteiger partial charge in [0.05, 0.1) is 11.4 Å². The Morgan fingerprint density at radius 1 is 1.03 bits per heavy atom. The summed E-state index contributed by atoms with van der Waals surface area (Å²) < 4.78 is 6.27. The molecular formula is C24H22BrN3O4. The third-order valence-corrected chi connectivity index (χ3v) is 4.94. The molecular weight excluding hydrogens is 474 g/mol. The lowest BCUT2D eigenvalue weighted by Crippen LogP contribution is -2.17. The number of hydrogen-bond acceptors (Lipinski definition) is 5. The maximum atomic E-state index is 12.4. The Kier molecular flexibility index (Phi) is 7.88. The van der Waals surface area contributed by atoms with Crippen LogP contribution in [0.5, 0.6) is 5.75 Å². The molecule has 0 heterocycles. The zero-order valence-corrected chi connectivity index (χ0v) is 18.6. The van der Waals surface area contributed by atoms with Crippen molar-refractivity contribution >= 4 is 45.0 Å². The average Bonchev–Trinajstić information content (AvgIpc) is 2.77. The highest BCUT2D eigenvalue weighted by molar-refractivity contribution is 9.10. The number of carbonyl (C=O) groups is 2. The van der Waals surface area contributed by atoms with E-state index in [1.807, 2.05) is 6.07 Å². The molecule has 3 aromatic rings. The van der Waals surface area contributed by atoms with Crippen LogP contribution in [0.1, 0.15) is 18.1 Å². The van der Waals surface area contributed by atoms with Crippen molar-refractivity contribution < 1.29 is 19.4 Å². The number of nitrogen functional groups attached to an aromatic ring is 1. The summed E-state index contributed by atoms with van der Waals surface area (Å²) in [6.45, 7) is 0. The van der Waals surface area contributed by atoms with E-state index in [0.717, 1.165) is 0 Å². The summed E-state index contributed by atoms with van der Waals surface area (Å²) >= 11 is 3.36. The number of rotatable bonds is 7. The third-order valence-electron chi connectivity index (χ3n) is 4.44. The first kappa shape index (κ1) is 22.9. The number of para-hydroxylation sites is 3. The topological polar surface area (TPSA) is 114 Å². The lowest BCUT2D eigenvalue weighted by atomic mass is 10.0. The van der Waals surface area contributed by atoms with Crippen molar-refractivity contribution in [3.8, 4) is 5.75 Å².